The maximum atomic E-state index is 12.1. The van der Waals surface area contributed by atoms with Crippen molar-refractivity contribution in [1.29, 1.82) is 0 Å². The molecule has 0 saturated heterocycles. The van der Waals surface area contributed by atoms with Gasteiger partial charge in [0.1, 0.15) is 0 Å². The van der Waals surface area contributed by atoms with Crippen molar-refractivity contribution in [2.24, 2.45) is 0 Å². The number of hydrogen-bond acceptors (Lipinski definition) is 5. The normalized spacial score (nSPS) is 16.5. The second-order valence-corrected chi connectivity index (χ2v) is 8.18. The van der Waals surface area contributed by atoms with Crippen LogP contribution in [0.5, 0.6) is 0 Å². The molecule has 9 heteroatoms. The van der Waals surface area contributed by atoms with Crippen molar-refractivity contribution in [2.75, 3.05) is 13.2 Å². The maximum Gasteiger partial charge on any atom is 0.307 e. The summed E-state index contributed by atoms with van der Waals surface area (Å²) in [5, 5.41) is 3.29. The molecule has 0 radical (unpaired) electrons. The van der Waals surface area contributed by atoms with Gasteiger partial charge in [0.2, 0.25) is 10.0 Å². The van der Waals surface area contributed by atoms with E-state index in [-0.39, 0.29) is 23.9 Å². The second-order valence-electron chi connectivity index (χ2n) is 5.98. The second kappa shape index (κ2) is 9.68. The minimum atomic E-state index is -3.69. The maximum absolute atomic E-state index is 12.1. The summed E-state index contributed by atoms with van der Waals surface area (Å²) in [6.07, 6.45) is 5.60. The quantitative estimate of drug-likeness (QED) is 0.633. The van der Waals surface area contributed by atoms with Crippen molar-refractivity contribution in [3.8, 4) is 0 Å². The Balaban J connectivity index is 1.68. The Morgan fingerprint density at radius 1 is 1.26 bits per heavy atom. The summed E-state index contributed by atoms with van der Waals surface area (Å²) in [6, 6.07) is 6.16. The highest BCUT2D eigenvalue weighted by atomic mass is 35.5. The molecule has 0 spiro atoms. The highest BCUT2D eigenvalue weighted by Gasteiger charge is 2.16. The van der Waals surface area contributed by atoms with E-state index >= 15 is 0 Å². The number of ether oxygens (including phenoxy) is 1. The number of sulfonamides is 1. The van der Waals surface area contributed by atoms with Crippen molar-refractivity contribution in [3.63, 3.8) is 0 Å². The van der Waals surface area contributed by atoms with Gasteiger partial charge in [-0.05, 0) is 31.6 Å². The van der Waals surface area contributed by atoms with Gasteiger partial charge in [0.25, 0.3) is 5.91 Å². The van der Waals surface area contributed by atoms with Gasteiger partial charge in [-0.3, -0.25) is 9.59 Å². The number of halogens is 1. The lowest BCUT2D eigenvalue weighted by Crippen LogP contribution is -2.37. The molecule has 1 aliphatic carbocycles. The van der Waals surface area contributed by atoms with Crippen LogP contribution in [0.3, 0.4) is 0 Å². The van der Waals surface area contributed by atoms with Gasteiger partial charge in [-0.2, -0.15) is 0 Å². The SMILES string of the molecule is Cc1ccc(S(=O)(=O)NCCC(=O)OCC(=O)NC2C=CC(Cl)=CC2)cc1. The lowest BCUT2D eigenvalue weighted by Gasteiger charge is -2.16. The van der Waals surface area contributed by atoms with E-state index in [1.54, 1.807) is 30.4 Å². The first-order chi connectivity index (χ1) is 12.8. The van der Waals surface area contributed by atoms with E-state index in [2.05, 4.69) is 10.0 Å². The van der Waals surface area contributed by atoms with Crippen molar-refractivity contribution >= 4 is 33.5 Å². The highest BCUT2D eigenvalue weighted by molar-refractivity contribution is 7.89. The number of amides is 1. The van der Waals surface area contributed by atoms with Crippen molar-refractivity contribution in [2.45, 2.75) is 30.7 Å². The molecule has 0 heterocycles. The number of aryl methyl sites for hydroxylation is 1. The molecule has 2 N–H and O–H groups in total. The molecule has 0 fully saturated rings. The van der Waals surface area contributed by atoms with Crippen LogP contribution in [0.15, 0.2) is 52.4 Å². The Bertz CT molecular complexity index is 847. The minimum absolute atomic E-state index is 0.120. The van der Waals surface area contributed by atoms with E-state index in [0.29, 0.717) is 11.5 Å². The van der Waals surface area contributed by atoms with Gasteiger partial charge < -0.3 is 10.1 Å². The van der Waals surface area contributed by atoms with Gasteiger partial charge in [0.15, 0.2) is 6.61 Å². The molecule has 0 aromatic heterocycles. The standard InChI is InChI=1S/C18H21ClN2O5S/c1-13-2-8-16(9-3-13)27(24,25)20-11-10-18(23)26-12-17(22)21-15-6-4-14(19)5-7-15/h2-6,8-9,15,20H,7,10-12H2,1H3,(H,21,22). The average Bonchev–Trinajstić information content (AvgIpc) is 2.62. The number of rotatable bonds is 8. The zero-order valence-electron chi connectivity index (χ0n) is 14.8. The Labute approximate surface area is 163 Å². The fraction of sp³-hybridized carbons (Fsp3) is 0.333. The molecule has 1 aromatic carbocycles. The molecule has 2 rings (SSSR count). The third-order valence-corrected chi connectivity index (χ3v) is 5.47. The first-order valence-corrected chi connectivity index (χ1v) is 10.2. The van der Waals surface area contributed by atoms with Crippen molar-refractivity contribution < 1.29 is 22.7 Å². The number of allylic oxidation sites excluding steroid dienone is 2. The zero-order chi connectivity index (χ0) is 19.9. The molecule has 0 saturated carbocycles. The van der Waals surface area contributed by atoms with Gasteiger partial charge >= 0.3 is 5.97 Å². The summed E-state index contributed by atoms with van der Waals surface area (Å²) < 4.78 is 31.4. The third-order valence-electron chi connectivity index (χ3n) is 3.72. The third kappa shape index (κ3) is 7.16. The summed E-state index contributed by atoms with van der Waals surface area (Å²) in [7, 11) is -3.69. The molecule has 1 aliphatic rings. The smallest absolute Gasteiger partial charge is 0.307 e. The molecule has 27 heavy (non-hydrogen) atoms. The Hall–Kier alpha value is -2.16. The van der Waals surface area contributed by atoms with Crippen LogP contribution in [0.1, 0.15) is 18.4 Å². The van der Waals surface area contributed by atoms with Gasteiger partial charge in [0.05, 0.1) is 17.4 Å². The molecule has 146 valence electrons. The van der Waals surface area contributed by atoms with Crippen LogP contribution in [-0.2, 0) is 24.3 Å². The lowest BCUT2D eigenvalue weighted by atomic mass is 10.1. The van der Waals surface area contributed by atoms with Crippen LogP contribution in [0.25, 0.3) is 0 Å². The Morgan fingerprint density at radius 2 is 1.96 bits per heavy atom. The summed E-state index contributed by atoms with van der Waals surface area (Å²) in [5.74, 6) is -1.11. The first-order valence-electron chi connectivity index (χ1n) is 8.31. The Morgan fingerprint density at radius 3 is 2.59 bits per heavy atom. The molecule has 1 aromatic rings. The number of esters is 1. The topological polar surface area (TPSA) is 102 Å². The van der Waals surface area contributed by atoms with E-state index in [4.69, 9.17) is 16.3 Å². The van der Waals surface area contributed by atoms with E-state index < -0.39 is 28.5 Å². The van der Waals surface area contributed by atoms with E-state index in [1.807, 2.05) is 6.92 Å². The fourth-order valence-electron chi connectivity index (χ4n) is 2.26. The van der Waals surface area contributed by atoms with E-state index in [9.17, 15) is 18.0 Å². The van der Waals surface area contributed by atoms with Crippen LogP contribution in [0.4, 0.5) is 0 Å². The summed E-state index contributed by atoms with van der Waals surface area (Å²) in [5.41, 5.74) is 0.943. The van der Waals surface area contributed by atoms with Crippen molar-refractivity contribution in [3.05, 3.63) is 53.1 Å². The zero-order valence-corrected chi connectivity index (χ0v) is 16.3. The average molecular weight is 413 g/mol. The molecular weight excluding hydrogens is 392 g/mol. The summed E-state index contributed by atoms with van der Waals surface area (Å²) in [6.45, 7) is 1.31. The van der Waals surface area contributed by atoms with Gasteiger partial charge in [0, 0.05) is 11.6 Å². The Kier molecular flexibility index (Phi) is 7.58. The molecule has 7 nitrogen and oxygen atoms in total. The lowest BCUT2D eigenvalue weighted by molar-refractivity contribution is -0.148. The van der Waals surface area contributed by atoms with Crippen LogP contribution in [0, 0.1) is 6.92 Å². The molecule has 1 amide bonds. The largest absolute Gasteiger partial charge is 0.456 e. The molecule has 1 unspecified atom stereocenters. The predicted octanol–water partition coefficient (Wildman–Crippen LogP) is 1.77. The van der Waals surface area contributed by atoms with Crippen LogP contribution in [-0.4, -0.2) is 39.5 Å². The van der Waals surface area contributed by atoms with E-state index in [1.165, 1.54) is 12.1 Å². The predicted molar refractivity (Wildman–Crippen MR) is 102 cm³/mol. The summed E-state index contributed by atoms with van der Waals surface area (Å²) in [4.78, 5) is 23.5. The number of hydrogen-bond donors (Lipinski definition) is 2. The van der Waals surface area contributed by atoms with Gasteiger partial charge in [-0.15, -0.1) is 0 Å². The van der Waals surface area contributed by atoms with Crippen LogP contribution < -0.4 is 10.0 Å². The molecular formula is C18H21ClN2O5S. The number of carbonyl (C=O) groups excluding carboxylic acids is 2. The fourth-order valence-corrected chi connectivity index (χ4v) is 3.45. The van der Waals surface area contributed by atoms with Gasteiger partial charge in [-0.25, -0.2) is 13.1 Å². The number of nitrogens with one attached hydrogen (secondary N) is 2. The molecule has 1 atom stereocenters. The van der Waals surface area contributed by atoms with Crippen LogP contribution >= 0.6 is 11.6 Å². The van der Waals surface area contributed by atoms with Crippen molar-refractivity contribution in [1.82, 2.24) is 10.0 Å². The molecule has 0 bridgehead atoms. The van der Waals surface area contributed by atoms with E-state index in [0.717, 1.165) is 5.56 Å². The monoisotopic (exact) mass is 412 g/mol. The van der Waals surface area contributed by atoms with Gasteiger partial charge in [-0.1, -0.05) is 41.4 Å². The number of benzene rings is 1. The number of carbonyl (C=O) groups is 2. The minimum Gasteiger partial charge on any atom is -0.456 e. The van der Waals surface area contributed by atoms with Crippen LogP contribution in [0.2, 0.25) is 0 Å². The summed E-state index contributed by atoms with van der Waals surface area (Å²) >= 11 is 5.79. The highest BCUT2D eigenvalue weighted by Crippen LogP contribution is 2.13. The first kappa shape index (κ1) is 21.1. The molecule has 0 aliphatic heterocycles.